The molecule has 4 nitrogen and oxygen atoms in total. The van der Waals surface area contributed by atoms with Crippen LogP contribution < -0.4 is 5.73 Å². The maximum Gasteiger partial charge on any atom is 0.171 e. The molecular formula is C8H12N2O2S. The number of nitrogens with zero attached hydrogens (tertiary/aromatic N) is 1. The quantitative estimate of drug-likeness (QED) is 0.702. The van der Waals surface area contributed by atoms with Gasteiger partial charge in [0.1, 0.15) is 5.01 Å². The van der Waals surface area contributed by atoms with E-state index < -0.39 is 6.04 Å². The topological polar surface area (TPSA) is 76.2 Å². The molecule has 13 heavy (non-hydrogen) atoms. The zero-order chi connectivity index (χ0) is 10.0. The smallest absolute Gasteiger partial charge is 0.171 e. The van der Waals surface area contributed by atoms with E-state index in [0.717, 1.165) is 0 Å². The number of hydrogen-bond donors (Lipinski definition) is 2. The number of carbonyl (C=O) groups is 1. The number of aliphatic hydroxyl groups excluding tert-OH is 1. The molecule has 5 heteroatoms. The van der Waals surface area contributed by atoms with Crippen LogP contribution in [0.15, 0.2) is 0 Å². The third kappa shape index (κ3) is 2.12. The fourth-order valence-electron chi connectivity index (χ4n) is 0.981. The number of rotatable bonds is 3. The van der Waals surface area contributed by atoms with E-state index in [2.05, 4.69) is 4.98 Å². The van der Waals surface area contributed by atoms with Crippen molar-refractivity contribution >= 4 is 17.1 Å². The zero-order valence-electron chi connectivity index (χ0n) is 7.57. The van der Waals surface area contributed by atoms with Gasteiger partial charge in [-0.2, -0.15) is 0 Å². The van der Waals surface area contributed by atoms with Gasteiger partial charge in [-0.1, -0.05) is 0 Å². The van der Waals surface area contributed by atoms with Crippen molar-refractivity contribution < 1.29 is 9.90 Å². The summed E-state index contributed by atoms with van der Waals surface area (Å²) >= 11 is 1.25. The minimum atomic E-state index is -0.475. The van der Waals surface area contributed by atoms with E-state index in [4.69, 9.17) is 10.8 Å². The summed E-state index contributed by atoms with van der Waals surface area (Å²) in [5.74, 6) is -0.00797. The molecule has 72 valence electrons. The van der Waals surface area contributed by atoms with Crippen molar-refractivity contribution in [3.63, 3.8) is 0 Å². The SMILES string of the molecule is CC(=O)c1sc([C@H](N)CO)nc1C. The standard InChI is InChI=1S/C8H12N2O2S/c1-4-7(5(2)12)13-8(10-4)6(9)3-11/h6,11H,3,9H2,1-2H3/t6-/m1/s1. The van der Waals surface area contributed by atoms with Crippen LogP contribution in [0.2, 0.25) is 0 Å². The van der Waals surface area contributed by atoms with Gasteiger partial charge in [-0.3, -0.25) is 4.79 Å². The Morgan fingerprint density at radius 2 is 2.38 bits per heavy atom. The van der Waals surface area contributed by atoms with Gasteiger partial charge >= 0.3 is 0 Å². The van der Waals surface area contributed by atoms with Crippen LogP contribution in [-0.2, 0) is 0 Å². The molecule has 0 radical (unpaired) electrons. The van der Waals surface area contributed by atoms with E-state index in [9.17, 15) is 4.79 Å². The molecule has 0 aliphatic rings. The molecule has 1 heterocycles. The van der Waals surface area contributed by atoms with Gasteiger partial charge in [0.2, 0.25) is 0 Å². The molecule has 1 aromatic heterocycles. The predicted molar refractivity (Wildman–Crippen MR) is 50.9 cm³/mol. The van der Waals surface area contributed by atoms with Gasteiger partial charge in [-0.15, -0.1) is 11.3 Å². The maximum absolute atomic E-state index is 11.1. The van der Waals surface area contributed by atoms with Crippen molar-refractivity contribution in [2.75, 3.05) is 6.61 Å². The molecule has 0 bridgehead atoms. The Morgan fingerprint density at radius 1 is 1.77 bits per heavy atom. The average molecular weight is 200 g/mol. The number of aliphatic hydroxyl groups is 1. The van der Waals surface area contributed by atoms with Gasteiger partial charge in [-0.05, 0) is 6.92 Å². The Balaban J connectivity index is 3.01. The molecule has 1 atom stereocenters. The Bertz CT molecular complexity index is 322. The number of carbonyl (C=O) groups excluding carboxylic acids is 1. The summed E-state index contributed by atoms with van der Waals surface area (Å²) in [5, 5.41) is 9.40. The molecule has 0 aliphatic heterocycles. The van der Waals surface area contributed by atoms with Crippen molar-refractivity contribution in [2.24, 2.45) is 5.73 Å². The van der Waals surface area contributed by atoms with Gasteiger partial charge in [-0.25, -0.2) is 4.98 Å². The molecular weight excluding hydrogens is 188 g/mol. The van der Waals surface area contributed by atoms with E-state index in [1.54, 1.807) is 6.92 Å². The summed E-state index contributed by atoms with van der Waals surface area (Å²) in [6, 6.07) is -0.475. The van der Waals surface area contributed by atoms with Crippen molar-refractivity contribution in [1.29, 1.82) is 0 Å². The normalized spacial score (nSPS) is 12.9. The van der Waals surface area contributed by atoms with Gasteiger partial charge in [0.05, 0.1) is 23.2 Å². The molecule has 3 N–H and O–H groups in total. The summed E-state index contributed by atoms with van der Waals surface area (Å²) in [6.45, 7) is 3.11. The van der Waals surface area contributed by atoms with Crippen LogP contribution in [-0.4, -0.2) is 22.5 Å². The molecule has 0 unspecified atom stereocenters. The average Bonchev–Trinajstić information content (AvgIpc) is 2.46. The highest BCUT2D eigenvalue weighted by molar-refractivity contribution is 7.13. The number of aryl methyl sites for hydroxylation is 1. The molecule has 1 rings (SSSR count). The second kappa shape index (κ2) is 3.95. The summed E-state index contributed by atoms with van der Waals surface area (Å²) in [5.41, 5.74) is 6.25. The number of nitrogens with two attached hydrogens (primary N) is 1. The Morgan fingerprint density at radius 3 is 2.77 bits per heavy atom. The molecule has 1 aromatic rings. The number of aromatic nitrogens is 1. The highest BCUT2D eigenvalue weighted by atomic mass is 32.1. The lowest BCUT2D eigenvalue weighted by molar-refractivity contribution is 0.102. The Labute approximate surface area is 80.4 Å². The second-order valence-corrected chi connectivity index (χ2v) is 3.84. The van der Waals surface area contributed by atoms with Gasteiger partial charge in [0, 0.05) is 6.92 Å². The lowest BCUT2D eigenvalue weighted by Gasteiger charge is -2.00. The minimum absolute atomic E-state index is 0.00797. The molecule has 0 saturated heterocycles. The predicted octanol–water partition coefficient (Wildman–Crippen LogP) is 0.646. The first-order valence-electron chi connectivity index (χ1n) is 3.91. The third-order valence-electron chi connectivity index (χ3n) is 1.65. The van der Waals surface area contributed by atoms with Crippen molar-refractivity contribution in [1.82, 2.24) is 4.98 Å². The molecule has 0 saturated carbocycles. The van der Waals surface area contributed by atoms with Crippen LogP contribution in [0.4, 0.5) is 0 Å². The highest BCUT2D eigenvalue weighted by Crippen LogP contribution is 2.22. The van der Waals surface area contributed by atoms with Crippen molar-refractivity contribution in [2.45, 2.75) is 19.9 Å². The molecule has 0 amide bonds. The van der Waals surface area contributed by atoms with Gasteiger partial charge in [0.15, 0.2) is 5.78 Å². The lowest BCUT2D eigenvalue weighted by atomic mass is 10.3. The van der Waals surface area contributed by atoms with E-state index in [1.165, 1.54) is 18.3 Å². The van der Waals surface area contributed by atoms with Crippen LogP contribution in [0.5, 0.6) is 0 Å². The Hall–Kier alpha value is -0.780. The second-order valence-electron chi connectivity index (χ2n) is 2.81. The Kier molecular flexibility index (Phi) is 3.13. The van der Waals surface area contributed by atoms with Gasteiger partial charge in [0.25, 0.3) is 0 Å². The summed E-state index contributed by atoms with van der Waals surface area (Å²) in [4.78, 5) is 15.8. The van der Waals surface area contributed by atoms with Crippen LogP contribution >= 0.6 is 11.3 Å². The van der Waals surface area contributed by atoms with E-state index >= 15 is 0 Å². The number of ketones is 1. The monoisotopic (exact) mass is 200 g/mol. The van der Waals surface area contributed by atoms with Crippen molar-refractivity contribution in [3.05, 3.63) is 15.6 Å². The van der Waals surface area contributed by atoms with Crippen LogP contribution in [0.1, 0.15) is 33.3 Å². The van der Waals surface area contributed by atoms with Crippen LogP contribution in [0.25, 0.3) is 0 Å². The number of thiazole rings is 1. The highest BCUT2D eigenvalue weighted by Gasteiger charge is 2.15. The lowest BCUT2D eigenvalue weighted by Crippen LogP contribution is -2.13. The maximum atomic E-state index is 11.1. The fraction of sp³-hybridized carbons (Fsp3) is 0.500. The molecule has 0 spiro atoms. The molecule has 0 aromatic carbocycles. The molecule has 0 fully saturated rings. The first kappa shape index (κ1) is 10.3. The van der Waals surface area contributed by atoms with Crippen LogP contribution in [0.3, 0.4) is 0 Å². The first-order valence-corrected chi connectivity index (χ1v) is 4.72. The molecule has 0 aliphatic carbocycles. The number of Topliss-reactive ketones (excluding diaryl/α,β-unsaturated/α-hetero) is 1. The third-order valence-corrected chi connectivity index (χ3v) is 3.04. The number of hydrogen-bond acceptors (Lipinski definition) is 5. The van der Waals surface area contributed by atoms with E-state index in [1.807, 2.05) is 0 Å². The largest absolute Gasteiger partial charge is 0.394 e. The fourth-order valence-corrected chi connectivity index (χ4v) is 1.94. The van der Waals surface area contributed by atoms with E-state index in [-0.39, 0.29) is 12.4 Å². The summed E-state index contributed by atoms with van der Waals surface area (Å²) in [6.07, 6.45) is 0. The van der Waals surface area contributed by atoms with E-state index in [0.29, 0.717) is 15.6 Å². The van der Waals surface area contributed by atoms with Gasteiger partial charge < -0.3 is 10.8 Å². The summed E-state index contributed by atoms with van der Waals surface area (Å²) in [7, 11) is 0. The van der Waals surface area contributed by atoms with Crippen molar-refractivity contribution in [3.8, 4) is 0 Å². The first-order chi connectivity index (χ1) is 6.06. The zero-order valence-corrected chi connectivity index (χ0v) is 8.39. The summed E-state index contributed by atoms with van der Waals surface area (Å²) < 4.78 is 0. The minimum Gasteiger partial charge on any atom is -0.394 e. The van der Waals surface area contributed by atoms with Crippen LogP contribution in [0, 0.1) is 6.92 Å².